The summed E-state index contributed by atoms with van der Waals surface area (Å²) in [4.78, 5) is 60.1. The number of likely N-dealkylation sites (tertiary alicyclic amines) is 2. The van der Waals surface area contributed by atoms with Gasteiger partial charge in [0, 0.05) is 25.2 Å². The predicted octanol–water partition coefficient (Wildman–Crippen LogP) is 3.72. The minimum Gasteiger partial charge on any atom is -0.394 e. The van der Waals surface area contributed by atoms with E-state index in [1.807, 2.05) is 54.5 Å². The van der Waals surface area contributed by atoms with Crippen LogP contribution in [0.1, 0.15) is 108 Å². The van der Waals surface area contributed by atoms with Crippen LogP contribution in [-0.2, 0) is 19.2 Å². The molecule has 2 fully saturated rings. The topological polar surface area (TPSA) is 122 Å². The number of hydrogen-bond donors (Lipinski definition) is 3. The molecule has 10 nitrogen and oxygen atoms in total. The van der Waals surface area contributed by atoms with E-state index in [0.717, 1.165) is 32.2 Å². The van der Waals surface area contributed by atoms with Crippen LogP contribution in [0, 0.1) is 17.3 Å². The lowest BCUT2D eigenvalue weighted by Crippen LogP contribution is -2.60. The Hall–Kier alpha value is -2.46. The highest BCUT2D eigenvalue weighted by Crippen LogP contribution is 2.27. The number of aliphatic hydroxyl groups excluding tert-OH is 1. The Balaban J connectivity index is 2.25. The molecule has 0 bridgehead atoms. The summed E-state index contributed by atoms with van der Waals surface area (Å²) in [6, 6.07) is -2.10. The van der Waals surface area contributed by atoms with E-state index >= 15 is 0 Å². The van der Waals surface area contributed by atoms with Crippen LogP contribution < -0.4 is 10.6 Å². The van der Waals surface area contributed by atoms with Gasteiger partial charge in [-0.05, 0) is 76.7 Å². The van der Waals surface area contributed by atoms with Gasteiger partial charge >= 0.3 is 0 Å². The van der Waals surface area contributed by atoms with Crippen molar-refractivity contribution in [1.29, 1.82) is 0 Å². The van der Waals surface area contributed by atoms with Crippen LogP contribution in [0.15, 0.2) is 11.6 Å². The average Bonchev–Trinajstić information content (AvgIpc) is 3.46. The number of rotatable bonds is 13. The van der Waals surface area contributed by atoms with Gasteiger partial charge in [0.25, 0.3) is 0 Å². The van der Waals surface area contributed by atoms with E-state index in [0.29, 0.717) is 30.9 Å². The molecule has 0 aromatic carbocycles. The Morgan fingerprint density at radius 1 is 0.911 bits per heavy atom. The number of piperidine rings is 1. The summed E-state index contributed by atoms with van der Waals surface area (Å²) in [5, 5.41) is 15.8. The summed E-state index contributed by atoms with van der Waals surface area (Å²) < 4.78 is 0. The van der Waals surface area contributed by atoms with Crippen molar-refractivity contribution in [3.05, 3.63) is 11.6 Å². The Kier molecular flexibility index (Phi) is 14.6. The Bertz CT molecular complexity index is 1050. The molecule has 3 unspecified atom stereocenters. The highest BCUT2D eigenvalue weighted by atomic mass is 16.3. The summed E-state index contributed by atoms with van der Waals surface area (Å²) in [5.74, 6) is -0.462. The summed E-state index contributed by atoms with van der Waals surface area (Å²) in [5.41, 5.74) is -0.0629. The first kappa shape index (κ1) is 38.7. The van der Waals surface area contributed by atoms with E-state index in [9.17, 15) is 24.3 Å². The lowest BCUT2D eigenvalue weighted by molar-refractivity contribution is -0.142. The van der Waals surface area contributed by atoms with E-state index in [2.05, 4.69) is 29.4 Å². The normalized spacial score (nSPS) is 22.0. The number of carbonyl (C=O) groups excluding carboxylic acids is 4. The molecule has 2 heterocycles. The number of nitrogens with one attached hydrogen (secondary N) is 2. The largest absolute Gasteiger partial charge is 0.394 e. The number of nitrogens with zero attached hydrogens (tertiary/aromatic N) is 3. The maximum atomic E-state index is 14.1. The minimum atomic E-state index is -0.742. The summed E-state index contributed by atoms with van der Waals surface area (Å²) in [7, 11) is 1.74. The second-order valence-electron chi connectivity index (χ2n) is 15.4. The van der Waals surface area contributed by atoms with Gasteiger partial charge in [-0.3, -0.25) is 24.1 Å². The maximum absolute atomic E-state index is 14.1. The SMILES string of the molecule is C/C(=C\[C@H](C(C)C)N(C)C(=O)C(NC(=O)C1CCCCN1C(C)C)C(C)(C)C)C(=O)N1CCCC1C(=O)N[C@@H](CO)CC(C)C. The van der Waals surface area contributed by atoms with E-state index in [-0.39, 0.29) is 54.3 Å². The van der Waals surface area contributed by atoms with Crippen LogP contribution >= 0.6 is 0 Å². The van der Waals surface area contributed by atoms with Gasteiger partial charge in [-0.1, -0.05) is 61.0 Å². The van der Waals surface area contributed by atoms with Crippen molar-refractivity contribution in [1.82, 2.24) is 25.3 Å². The first-order valence-corrected chi connectivity index (χ1v) is 17.1. The Labute approximate surface area is 272 Å². The van der Waals surface area contributed by atoms with Crippen molar-refractivity contribution >= 4 is 23.6 Å². The molecule has 4 amide bonds. The molecule has 2 aliphatic rings. The summed E-state index contributed by atoms with van der Waals surface area (Å²) in [6.45, 7) is 21.1. The third kappa shape index (κ3) is 10.5. The van der Waals surface area contributed by atoms with Gasteiger partial charge in [0.2, 0.25) is 23.6 Å². The van der Waals surface area contributed by atoms with E-state index in [1.165, 1.54) is 0 Å². The van der Waals surface area contributed by atoms with Crippen molar-refractivity contribution in [2.24, 2.45) is 17.3 Å². The maximum Gasteiger partial charge on any atom is 0.249 e. The van der Waals surface area contributed by atoms with E-state index in [1.54, 1.807) is 23.8 Å². The molecule has 3 N–H and O–H groups in total. The molecular weight excluding hydrogens is 570 g/mol. The molecule has 0 spiro atoms. The zero-order valence-electron chi connectivity index (χ0n) is 30.0. The first-order chi connectivity index (χ1) is 20.9. The van der Waals surface area contributed by atoms with Crippen molar-refractivity contribution in [2.75, 3.05) is 26.7 Å². The fourth-order valence-electron chi connectivity index (χ4n) is 6.72. The third-order valence-electron chi connectivity index (χ3n) is 9.28. The molecule has 2 saturated heterocycles. The molecule has 2 aliphatic heterocycles. The average molecular weight is 634 g/mol. The van der Waals surface area contributed by atoms with Crippen molar-refractivity contribution in [2.45, 2.75) is 144 Å². The summed E-state index contributed by atoms with van der Waals surface area (Å²) in [6.07, 6.45) is 6.61. The van der Waals surface area contributed by atoms with Gasteiger partial charge < -0.3 is 25.5 Å². The van der Waals surface area contributed by atoms with E-state index < -0.39 is 23.5 Å². The molecule has 5 atom stereocenters. The molecular formula is C35H63N5O5. The van der Waals surface area contributed by atoms with Crippen LogP contribution in [0.25, 0.3) is 0 Å². The first-order valence-electron chi connectivity index (χ1n) is 17.1. The highest BCUT2D eigenvalue weighted by Gasteiger charge is 2.40. The monoisotopic (exact) mass is 633 g/mol. The smallest absolute Gasteiger partial charge is 0.249 e. The number of amides is 4. The van der Waals surface area contributed by atoms with Gasteiger partial charge in [-0.25, -0.2) is 0 Å². The fourth-order valence-corrected chi connectivity index (χ4v) is 6.72. The zero-order valence-corrected chi connectivity index (χ0v) is 30.0. The zero-order chi connectivity index (χ0) is 34.2. The Morgan fingerprint density at radius 3 is 2.04 bits per heavy atom. The van der Waals surface area contributed by atoms with Crippen molar-refractivity contribution in [3.63, 3.8) is 0 Å². The van der Waals surface area contributed by atoms with E-state index in [4.69, 9.17) is 0 Å². The molecule has 10 heteroatoms. The van der Waals surface area contributed by atoms with Crippen LogP contribution in [0.2, 0.25) is 0 Å². The predicted molar refractivity (Wildman–Crippen MR) is 179 cm³/mol. The van der Waals surface area contributed by atoms with Crippen LogP contribution in [0.3, 0.4) is 0 Å². The summed E-state index contributed by atoms with van der Waals surface area (Å²) >= 11 is 0. The van der Waals surface area contributed by atoms with Gasteiger partial charge in [0.1, 0.15) is 12.1 Å². The molecule has 0 saturated carbocycles. The number of likely N-dealkylation sites (N-methyl/N-ethyl adjacent to an activating group) is 1. The lowest BCUT2D eigenvalue weighted by Gasteiger charge is -2.41. The highest BCUT2D eigenvalue weighted by molar-refractivity contribution is 5.97. The van der Waals surface area contributed by atoms with Gasteiger partial charge in [-0.2, -0.15) is 0 Å². The fraction of sp³-hybridized carbons (Fsp3) is 0.829. The molecule has 0 radical (unpaired) electrons. The number of aliphatic hydroxyl groups is 1. The number of carbonyl (C=O) groups is 4. The molecule has 258 valence electrons. The third-order valence-corrected chi connectivity index (χ3v) is 9.28. The standard InChI is InChI=1S/C35H63N5O5/c1-22(2)19-26(21-41)36-31(42)28-16-14-18-40(28)33(44)25(7)20-29(23(3)4)38(11)34(45)30(35(8,9)10)37-32(43)27-15-12-13-17-39(27)24(5)6/h20,22-24,26-30,41H,12-19,21H2,1-11H3,(H,36,42)(H,37,43)/b25-20+/t26-,27?,28?,29-,30?/m1/s1. The molecule has 0 aromatic rings. The molecule has 2 rings (SSSR count). The van der Waals surface area contributed by atoms with Crippen LogP contribution in [0.4, 0.5) is 0 Å². The van der Waals surface area contributed by atoms with Gasteiger partial charge in [0.05, 0.1) is 24.7 Å². The van der Waals surface area contributed by atoms with Crippen molar-refractivity contribution in [3.8, 4) is 0 Å². The quantitative estimate of drug-likeness (QED) is 0.266. The Morgan fingerprint density at radius 2 is 1.51 bits per heavy atom. The molecule has 0 aliphatic carbocycles. The second kappa shape index (κ2) is 16.9. The lowest BCUT2D eigenvalue weighted by atomic mass is 9.84. The van der Waals surface area contributed by atoms with Crippen LogP contribution in [-0.4, -0.2) is 106 Å². The number of hydrogen-bond acceptors (Lipinski definition) is 6. The van der Waals surface area contributed by atoms with Crippen molar-refractivity contribution < 1.29 is 24.3 Å². The van der Waals surface area contributed by atoms with Gasteiger partial charge in [-0.15, -0.1) is 0 Å². The van der Waals surface area contributed by atoms with Gasteiger partial charge in [0.15, 0.2) is 0 Å². The van der Waals surface area contributed by atoms with Crippen LogP contribution in [0.5, 0.6) is 0 Å². The molecule has 45 heavy (non-hydrogen) atoms. The second-order valence-corrected chi connectivity index (χ2v) is 15.4. The molecule has 0 aromatic heterocycles. The minimum absolute atomic E-state index is 0.00758.